The van der Waals surface area contributed by atoms with Gasteiger partial charge in [0, 0.05) is 10.4 Å². The van der Waals surface area contributed by atoms with Crippen LogP contribution in [0, 0.1) is 5.82 Å². The highest BCUT2D eigenvalue weighted by Gasteiger charge is 2.09. The molecule has 0 unspecified atom stereocenters. The number of rotatable bonds is 1. The van der Waals surface area contributed by atoms with Crippen LogP contribution in [0.2, 0.25) is 5.02 Å². The lowest BCUT2D eigenvalue weighted by molar-refractivity contribution is 0.0996. The molecule has 0 atom stereocenters. The number of aromatic nitrogens is 1. The number of carbonyl (C=O) groups is 1. The van der Waals surface area contributed by atoms with E-state index in [0.29, 0.717) is 10.9 Å². The van der Waals surface area contributed by atoms with Crippen LogP contribution in [0.1, 0.15) is 10.5 Å². The molecule has 1 heterocycles. The zero-order valence-electron chi connectivity index (χ0n) is 6.97. The first-order valence-corrected chi connectivity index (χ1v) is 4.23. The molecule has 72 valence electrons. The van der Waals surface area contributed by atoms with Gasteiger partial charge in [-0.15, -0.1) is 0 Å². The summed E-state index contributed by atoms with van der Waals surface area (Å²) in [6.45, 7) is 0. The standard InChI is InChI=1S/C9H6ClFN2O/c10-4-1-6(11)5-3-8(9(12)14)13-7(5)2-4/h1-3,13H,(H2,12,14). The molecule has 0 saturated carbocycles. The van der Waals surface area contributed by atoms with Gasteiger partial charge in [0.05, 0.1) is 5.52 Å². The number of carbonyl (C=O) groups excluding carboxylic acids is 1. The Labute approximate surface area is 83.7 Å². The lowest BCUT2D eigenvalue weighted by Gasteiger charge is -1.92. The molecule has 5 heteroatoms. The van der Waals surface area contributed by atoms with Crippen LogP contribution >= 0.6 is 11.6 Å². The van der Waals surface area contributed by atoms with Crippen LogP contribution in [0.4, 0.5) is 4.39 Å². The Morgan fingerprint density at radius 3 is 2.79 bits per heavy atom. The molecule has 0 spiro atoms. The highest BCUT2D eigenvalue weighted by molar-refractivity contribution is 6.31. The number of aromatic amines is 1. The molecule has 0 bridgehead atoms. The van der Waals surface area contributed by atoms with E-state index in [1.165, 1.54) is 18.2 Å². The number of amides is 1. The van der Waals surface area contributed by atoms with Crippen molar-refractivity contribution in [1.29, 1.82) is 0 Å². The van der Waals surface area contributed by atoms with Crippen LogP contribution < -0.4 is 5.73 Å². The topological polar surface area (TPSA) is 58.9 Å². The normalized spacial score (nSPS) is 10.7. The van der Waals surface area contributed by atoms with Gasteiger partial charge in [-0.2, -0.15) is 0 Å². The molecule has 1 aromatic carbocycles. The first-order chi connectivity index (χ1) is 6.58. The van der Waals surface area contributed by atoms with Gasteiger partial charge in [0.15, 0.2) is 0 Å². The maximum Gasteiger partial charge on any atom is 0.265 e. The summed E-state index contributed by atoms with van der Waals surface area (Å²) in [5.74, 6) is -1.10. The van der Waals surface area contributed by atoms with Crippen LogP contribution in [-0.4, -0.2) is 10.9 Å². The van der Waals surface area contributed by atoms with Gasteiger partial charge in [-0.25, -0.2) is 4.39 Å². The van der Waals surface area contributed by atoms with Crippen LogP contribution in [0.3, 0.4) is 0 Å². The van der Waals surface area contributed by atoms with E-state index in [-0.39, 0.29) is 10.7 Å². The Morgan fingerprint density at radius 2 is 2.14 bits per heavy atom. The maximum absolute atomic E-state index is 13.3. The van der Waals surface area contributed by atoms with E-state index in [1.807, 2.05) is 0 Å². The number of fused-ring (bicyclic) bond motifs is 1. The summed E-state index contributed by atoms with van der Waals surface area (Å²) in [6, 6.07) is 4.08. The molecule has 2 rings (SSSR count). The number of nitrogens with one attached hydrogen (secondary N) is 1. The van der Waals surface area contributed by atoms with Gasteiger partial charge < -0.3 is 10.7 Å². The van der Waals surface area contributed by atoms with Crippen molar-refractivity contribution >= 4 is 28.4 Å². The highest BCUT2D eigenvalue weighted by atomic mass is 35.5. The summed E-state index contributed by atoms with van der Waals surface area (Å²) in [5, 5.41) is 0.580. The second kappa shape index (κ2) is 2.99. The third-order valence-electron chi connectivity index (χ3n) is 1.92. The van der Waals surface area contributed by atoms with Crippen LogP contribution in [-0.2, 0) is 0 Å². The van der Waals surface area contributed by atoms with Gasteiger partial charge in [-0.05, 0) is 18.2 Å². The molecule has 0 aliphatic carbocycles. The van der Waals surface area contributed by atoms with E-state index in [9.17, 15) is 9.18 Å². The molecule has 0 saturated heterocycles. The first-order valence-electron chi connectivity index (χ1n) is 3.85. The van der Waals surface area contributed by atoms with Crippen molar-refractivity contribution in [3.05, 3.63) is 34.7 Å². The van der Waals surface area contributed by atoms with Crippen LogP contribution in [0.15, 0.2) is 18.2 Å². The Hall–Kier alpha value is -1.55. The Bertz CT molecular complexity index is 521. The molecule has 1 amide bonds. The zero-order valence-corrected chi connectivity index (χ0v) is 7.73. The summed E-state index contributed by atoms with van der Waals surface area (Å²) in [5.41, 5.74) is 5.67. The number of H-pyrrole nitrogens is 1. The van der Waals surface area contributed by atoms with Crippen molar-refractivity contribution in [2.75, 3.05) is 0 Å². The van der Waals surface area contributed by atoms with E-state index in [4.69, 9.17) is 17.3 Å². The van der Waals surface area contributed by atoms with Crippen LogP contribution in [0.25, 0.3) is 10.9 Å². The minimum absolute atomic E-state index is 0.168. The lowest BCUT2D eigenvalue weighted by atomic mass is 10.2. The average molecular weight is 213 g/mol. The fraction of sp³-hybridized carbons (Fsp3) is 0. The number of hydrogen-bond donors (Lipinski definition) is 2. The van der Waals surface area contributed by atoms with Gasteiger partial charge in [0.25, 0.3) is 5.91 Å². The largest absolute Gasteiger partial charge is 0.364 e. The molecule has 3 N–H and O–H groups in total. The number of benzene rings is 1. The van der Waals surface area contributed by atoms with Gasteiger partial charge in [-0.3, -0.25) is 4.79 Å². The first kappa shape index (κ1) is 9.02. The molecule has 0 fully saturated rings. The van der Waals surface area contributed by atoms with E-state index < -0.39 is 11.7 Å². The van der Waals surface area contributed by atoms with Crippen molar-refractivity contribution in [3.8, 4) is 0 Å². The summed E-state index contributed by atoms with van der Waals surface area (Å²) in [6.07, 6.45) is 0. The van der Waals surface area contributed by atoms with E-state index in [1.54, 1.807) is 0 Å². The van der Waals surface area contributed by atoms with Crippen molar-refractivity contribution in [2.24, 2.45) is 5.73 Å². The monoisotopic (exact) mass is 212 g/mol. The Balaban J connectivity index is 2.76. The molecule has 0 aliphatic rings. The maximum atomic E-state index is 13.3. The zero-order chi connectivity index (χ0) is 10.3. The Morgan fingerprint density at radius 1 is 1.43 bits per heavy atom. The number of nitrogens with two attached hydrogens (primary N) is 1. The molecular formula is C9H6ClFN2O. The summed E-state index contributed by atoms with van der Waals surface area (Å²) in [4.78, 5) is 13.5. The number of halogens is 2. The Kier molecular flexibility index (Phi) is 1.93. The fourth-order valence-electron chi connectivity index (χ4n) is 1.29. The third kappa shape index (κ3) is 1.33. The van der Waals surface area contributed by atoms with Crippen molar-refractivity contribution in [2.45, 2.75) is 0 Å². The molecule has 0 aliphatic heterocycles. The predicted octanol–water partition coefficient (Wildman–Crippen LogP) is 2.06. The number of hydrogen-bond acceptors (Lipinski definition) is 1. The summed E-state index contributed by atoms with van der Waals surface area (Å²) in [7, 11) is 0. The minimum Gasteiger partial charge on any atom is -0.364 e. The second-order valence-corrected chi connectivity index (χ2v) is 3.33. The molecule has 2 aromatic rings. The minimum atomic E-state index is -0.628. The molecule has 1 aromatic heterocycles. The smallest absolute Gasteiger partial charge is 0.265 e. The van der Waals surface area contributed by atoms with Gasteiger partial charge in [0.2, 0.25) is 0 Å². The number of primary amides is 1. The van der Waals surface area contributed by atoms with E-state index in [2.05, 4.69) is 4.98 Å². The van der Waals surface area contributed by atoms with E-state index in [0.717, 1.165) is 0 Å². The van der Waals surface area contributed by atoms with Gasteiger partial charge >= 0.3 is 0 Å². The van der Waals surface area contributed by atoms with Crippen molar-refractivity contribution < 1.29 is 9.18 Å². The third-order valence-corrected chi connectivity index (χ3v) is 2.14. The average Bonchev–Trinajstić information content (AvgIpc) is 2.47. The quantitative estimate of drug-likeness (QED) is 0.747. The predicted molar refractivity (Wildman–Crippen MR) is 51.8 cm³/mol. The van der Waals surface area contributed by atoms with E-state index >= 15 is 0 Å². The van der Waals surface area contributed by atoms with Crippen molar-refractivity contribution in [1.82, 2.24) is 4.98 Å². The fourth-order valence-corrected chi connectivity index (χ4v) is 1.50. The molecule has 0 radical (unpaired) electrons. The lowest BCUT2D eigenvalue weighted by Crippen LogP contribution is -2.10. The van der Waals surface area contributed by atoms with Crippen LogP contribution in [0.5, 0.6) is 0 Å². The van der Waals surface area contributed by atoms with Gasteiger partial charge in [0.1, 0.15) is 11.5 Å². The van der Waals surface area contributed by atoms with Crippen molar-refractivity contribution in [3.63, 3.8) is 0 Å². The highest BCUT2D eigenvalue weighted by Crippen LogP contribution is 2.23. The SMILES string of the molecule is NC(=O)c1cc2c(F)cc(Cl)cc2[nH]1. The summed E-state index contributed by atoms with van der Waals surface area (Å²) < 4.78 is 13.3. The second-order valence-electron chi connectivity index (χ2n) is 2.90. The molecule has 3 nitrogen and oxygen atoms in total. The summed E-state index contributed by atoms with van der Waals surface area (Å²) >= 11 is 5.64. The molecular weight excluding hydrogens is 207 g/mol. The molecule has 14 heavy (non-hydrogen) atoms. The van der Waals surface area contributed by atoms with Gasteiger partial charge in [-0.1, -0.05) is 11.6 Å².